The van der Waals surface area contributed by atoms with Crippen LogP contribution in [0.2, 0.25) is 0 Å². The summed E-state index contributed by atoms with van der Waals surface area (Å²) in [5.74, 6) is -1.99. The normalized spacial score (nSPS) is 29.6. The lowest BCUT2D eigenvalue weighted by Gasteiger charge is -2.58. The van der Waals surface area contributed by atoms with Crippen molar-refractivity contribution < 1.29 is 24.2 Å². The second kappa shape index (κ2) is 6.45. The summed E-state index contributed by atoms with van der Waals surface area (Å²) in [7, 11) is 1.30. The second-order valence-electron chi connectivity index (χ2n) is 5.74. The average Bonchev–Trinajstić information content (AvgIpc) is 3.12. The Bertz CT molecular complexity index is 738. The van der Waals surface area contributed by atoms with Crippen LogP contribution in [-0.2, 0) is 19.1 Å². The van der Waals surface area contributed by atoms with Crippen LogP contribution in [-0.4, -0.2) is 57.8 Å². The van der Waals surface area contributed by atoms with Gasteiger partial charge in [0.25, 0.3) is 11.6 Å². The number of hydrogen-bond donors (Lipinski definition) is 3. The van der Waals surface area contributed by atoms with Gasteiger partial charge in [0, 0.05) is 12.9 Å². The molecule has 0 aromatic carbocycles. The van der Waals surface area contributed by atoms with Crippen LogP contribution in [0.3, 0.4) is 0 Å². The molecule has 0 bridgehead atoms. The number of carboxylic acids is 1. The Morgan fingerprint density at radius 2 is 2.32 bits per heavy atom. The Labute approximate surface area is 152 Å². The molecule has 1 aromatic heterocycles. The molecule has 1 aromatic rings. The summed E-state index contributed by atoms with van der Waals surface area (Å²) in [6.45, 7) is 3.72. The fourth-order valence-corrected chi connectivity index (χ4v) is 5.05. The van der Waals surface area contributed by atoms with Gasteiger partial charge in [0.05, 0.1) is 0 Å². The number of β-lactam (4-membered cyclic amide) rings is 1. The number of thiophene rings is 1. The number of ether oxygens (including phenoxy) is 1. The number of nitrogens with one attached hydrogen (secondary N) is 1. The first-order valence-corrected chi connectivity index (χ1v) is 9.32. The lowest BCUT2D eigenvalue weighted by molar-refractivity contribution is -0.202. The van der Waals surface area contributed by atoms with Crippen molar-refractivity contribution >= 4 is 40.9 Å². The Morgan fingerprint density at radius 1 is 1.60 bits per heavy atom. The van der Waals surface area contributed by atoms with E-state index in [1.807, 2.05) is 0 Å². The maximum atomic E-state index is 12.7. The van der Waals surface area contributed by atoms with Gasteiger partial charge in [0.1, 0.15) is 11.4 Å². The van der Waals surface area contributed by atoms with E-state index in [-0.39, 0.29) is 0 Å². The van der Waals surface area contributed by atoms with Gasteiger partial charge in [0.15, 0.2) is 6.04 Å². The van der Waals surface area contributed by atoms with Crippen molar-refractivity contribution in [3.8, 4) is 0 Å². The highest BCUT2D eigenvalue weighted by Gasteiger charge is 2.67. The molecule has 2 saturated heterocycles. The van der Waals surface area contributed by atoms with Gasteiger partial charge >= 0.3 is 5.97 Å². The highest BCUT2D eigenvalue weighted by Crippen LogP contribution is 2.46. The quantitative estimate of drug-likeness (QED) is 0.375. The molecule has 4 atom stereocenters. The van der Waals surface area contributed by atoms with Crippen LogP contribution in [0, 0.1) is 0 Å². The molecule has 2 aliphatic heterocycles. The monoisotopic (exact) mass is 383 g/mol. The van der Waals surface area contributed by atoms with Crippen LogP contribution >= 0.6 is 23.1 Å². The largest absolute Gasteiger partial charge is 0.479 e. The van der Waals surface area contributed by atoms with Crippen LogP contribution in [0.1, 0.15) is 11.6 Å². The molecule has 3 unspecified atom stereocenters. The summed E-state index contributed by atoms with van der Waals surface area (Å²) in [4.78, 5) is 37.8. The molecule has 0 spiro atoms. The number of carboxylic acid groups (broad SMARTS) is 1. The molecular formula is C15H17N3O5S2. The van der Waals surface area contributed by atoms with E-state index < -0.39 is 41.0 Å². The van der Waals surface area contributed by atoms with Gasteiger partial charge in [-0.2, -0.15) is 11.3 Å². The molecule has 2 aliphatic rings. The Morgan fingerprint density at radius 3 is 2.88 bits per heavy atom. The fraction of sp³-hybridized carbons (Fsp3) is 0.400. The zero-order valence-corrected chi connectivity index (χ0v) is 14.9. The first kappa shape index (κ1) is 17.9. The molecule has 3 heterocycles. The third-order valence-electron chi connectivity index (χ3n) is 4.29. The van der Waals surface area contributed by atoms with Crippen molar-refractivity contribution in [2.75, 3.05) is 12.9 Å². The number of hydrogen-bond acceptors (Lipinski definition) is 7. The molecular weight excluding hydrogens is 366 g/mol. The first-order valence-electron chi connectivity index (χ1n) is 7.33. The summed E-state index contributed by atoms with van der Waals surface area (Å²) >= 11 is 2.70. The standard InChI is InChI=1S/C15H17N3O5S2/c1-7-5-25-14-15(23-2,13(22)18(14)10(7)12(20)21)17-11(19)9(16)8-3-4-24-6-8/h3-4,6,9-10,14H,1,5,16H2,2H3,(H,17,19)(H,20,21)/t9?,10?,14-,15?/m1/s1. The Kier molecular flexibility index (Phi) is 4.62. The van der Waals surface area contributed by atoms with Gasteiger partial charge in [-0.3, -0.25) is 9.59 Å². The number of carbonyl (C=O) groups is 3. The number of amides is 2. The third kappa shape index (κ3) is 2.65. The summed E-state index contributed by atoms with van der Waals surface area (Å²) in [6, 6.07) is -0.341. The van der Waals surface area contributed by atoms with Gasteiger partial charge in [-0.15, -0.1) is 11.8 Å². The number of methoxy groups -OCH3 is 1. The summed E-state index contributed by atoms with van der Waals surface area (Å²) in [5, 5.41) is 14.8. The zero-order valence-electron chi connectivity index (χ0n) is 13.3. The predicted octanol–water partition coefficient (Wildman–Crippen LogP) is 0.131. The molecule has 3 rings (SSSR count). The number of fused-ring (bicyclic) bond motifs is 1. The van der Waals surface area contributed by atoms with E-state index in [4.69, 9.17) is 10.5 Å². The minimum absolute atomic E-state index is 0.350. The van der Waals surface area contributed by atoms with Crippen LogP contribution in [0.5, 0.6) is 0 Å². The van der Waals surface area contributed by atoms with Gasteiger partial charge in [-0.25, -0.2) is 4.79 Å². The van der Waals surface area contributed by atoms with E-state index >= 15 is 0 Å². The van der Waals surface area contributed by atoms with Crippen molar-refractivity contribution in [1.82, 2.24) is 10.2 Å². The van der Waals surface area contributed by atoms with Gasteiger partial charge in [-0.05, 0) is 28.0 Å². The topological polar surface area (TPSA) is 122 Å². The fourth-order valence-electron chi connectivity index (χ4n) is 2.96. The molecule has 4 N–H and O–H groups in total. The number of nitrogens with zero attached hydrogens (tertiary/aromatic N) is 1. The lowest BCUT2D eigenvalue weighted by atomic mass is 9.94. The number of nitrogens with two attached hydrogens (primary N) is 1. The van der Waals surface area contributed by atoms with Crippen molar-refractivity contribution in [2.45, 2.75) is 23.2 Å². The van der Waals surface area contributed by atoms with Crippen molar-refractivity contribution in [3.05, 3.63) is 34.5 Å². The van der Waals surface area contributed by atoms with Crippen molar-refractivity contribution in [1.29, 1.82) is 0 Å². The van der Waals surface area contributed by atoms with E-state index in [0.717, 1.165) is 0 Å². The Balaban J connectivity index is 1.82. The van der Waals surface area contributed by atoms with Gasteiger partial charge < -0.3 is 25.8 Å². The van der Waals surface area contributed by atoms with E-state index in [9.17, 15) is 19.5 Å². The van der Waals surface area contributed by atoms with Crippen molar-refractivity contribution in [2.24, 2.45) is 5.73 Å². The zero-order chi connectivity index (χ0) is 18.4. The molecule has 0 aliphatic carbocycles. The number of carbonyl (C=O) groups excluding carboxylic acids is 2. The molecule has 2 fully saturated rings. The molecule has 134 valence electrons. The predicted molar refractivity (Wildman–Crippen MR) is 92.8 cm³/mol. The molecule has 0 saturated carbocycles. The van der Waals surface area contributed by atoms with E-state index in [1.54, 1.807) is 16.8 Å². The number of rotatable bonds is 5. The maximum Gasteiger partial charge on any atom is 0.330 e. The number of thioether (sulfide) groups is 1. The van der Waals surface area contributed by atoms with Crippen LogP contribution in [0.15, 0.2) is 29.0 Å². The molecule has 25 heavy (non-hydrogen) atoms. The van der Waals surface area contributed by atoms with Crippen LogP contribution in [0.4, 0.5) is 0 Å². The lowest BCUT2D eigenvalue weighted by Crippen LogP contribution is -2.83. The summed E-state index contributed by atoms with van der Waals surface area (Å²) < 4.78 is 5.34. The van der Waals surface area contributed by atoms with Gasteiger partial charge in [0.2, 0.25) is 5.91 Å². The molecule has 0 radical (unpaired) electrons. The van der Waals surface area contributed by atoms with Gasteiger partial charge in [-0.1, -0.05) is 6.58 Å². The highest BCUT2D eigenvalue weighted by molar-refractivity contribution is 8.00. The van der Waals surface area contributed by atoms with Crippen molar-refractivity contribution in [3.63, 3.8) is 0 Å². The Hall–Kier alpha value is -1.88. The highest BCUT2D eigenvalue weighted by atomic mass is 32.2. The minimum Gasteiger partial charge on any atom is -0.479 e. The molecule has 8 nitrogen and oxygen atoms in total. The summed E-state index contributed by atoms with van der Waals surface area (Å²) in [6.07, 6.45) is 0. The maximum absolute atomic E-state index is 12.7. The molecule has 2 amide bonds. The van der Waals surface area contributed by atoms with Crippen LogP contribution in [0.25, 0.3) is 0 Å². The first-order chi connectivity index (χ1) is 11.8. The number of aliphatic carboxylic acids is 1. The summed E-state index contributed by atoms with van der Waals surface area (Å²) in [5.41, 5.74) is 5.37. The van der Waals surface area contributed by atoms with E-state index in [2.05, 4.69) is 11.9 Å². The van der Waals surface area contributed by atoms with Crippen LogP contribution < -0.4 is 11.1 Å². The van der Waals surface area contributed by atoms with E-state index in [0.29, 0.717) is 16.9 Å². The minimum atomic E-state index is -1.62. The average molecular weight is 383 g/mol. The SMILES string of the molecule is C=C1CS[C@H]2N(C(=O)C2(NC(=O)C(N)c2ccsc2)OC)C1C(=O)O. The smallest absolute Gasteiger partial charge is 0.330 e. The van der Waals surface area contributed by atoms with E-state index in [1.165, 1.54) is 35.1 Å². The third-order valence-corrected chi connectivity index (χ3v) is 6.41. The second-order valence-corrected chi connectivity index (χ2v) is 7.59. The molecule has 10 heteroatoms.